The molecule has 6 heteroatoms. The third-order valence-electron chi connectivity index (χ3n) is 2.83. The van der Waals surface area contributed by atoms with Crippen molar-refractivity contribution in [2.24, 2.45) is 11.8 Å². The SMILES string of the molecule is COC(=O)NCC(NC(=O)OC)C(C)C(C)C. The van der Waals surface area contributed by atoms with Gasteiger partial charge in [-0.2, -0.15) is 0 Å². The van der Waals surface area contributed by atoms with Gasteiger partial charge in [-0.25, -0.2) is 9.59 Å². The Balaban J connectivity index is 4.39. The number of alkyl carbamates (subject to hydrolysis) is 2. The molecule has 6 nitrogen and oxygen atoms in total. The lowest BCUT2D eigenvalue weighted by Gasteiger charge is -2.27. The van der Waals surface area contributed by atoms with Crippen LogP contribution in [0.2, 0.25) is 0 Å². The number of amides is 2. The summed E-state index contributed by atoms with van der Waals surface area (Å²) in [6.07, 6.45) is -1.02. The number of ether oxygens (including phenoxy) is 2. The fourth-order valence-electron chi connectivity index (χ4n) is 1.31. The highest BCUT2D eigenvalue weighted by Gasteiger charge is 2.23. The zero-order chi connectivity index (χ0) is 13.4. The minimum absolute atomic E-state index is 0.193. The van der Waals surface area contributed by atoms with Crippen LogP contribution in [0.4, 0.5) is 9.59 Å². The standard InChI is InChI=1S/C11H22N2O4/c1-7(2)8(3)9(13-11(15)17-5)6-12-10(14)16-4/h7-9H,6H2,1-5H3,(H,12,14)(H,13,15). The molecule has 0 radical (unpaired) electrons. The maximum atomic E-state index is 11.2. The Morgan fingerprint density at radius 2 is 1.59 bits per heavy atom. The molecule has 17 heavy (non-hydrogen) atoms. The molecule has 2 atom stereocenters. The second-order valence-electron chi connectivity index (χ2n) is 4.22. The van der Waals surface area contributed by atoms with E-state index in [2.05, 4.69) is 34.0 Å². The van der Waals surface area contributed by atoms with E-state index in [1.807, 2.05) is 6.92 Å². The number of nitrogens with one attached hydrogen (secondary N) is 2. The first kappa shape index (κ1) is 15.5. The van der Waals surface area contributed by atoms with Gasteiger partial charge in [0.15, 0.2) is 0 Å². The quantitative estimate of drug-likeness (QED) is 0.768. The summed E-state index contributed by atoms with van der Waals surface area (Å²) in [4.78, 5) is 22.2. The number of carbonyl (C=O) groups is 2. The van der Waals surface area contributed by atoms with E-state index < -0.39 is 12.2 Å². The van der Waals surface area contributed by atoms with E-state index in [-0.39, 0.29) is 12.0 Å². The summed E-state index contributed by atoms with van der Waals surface area (Å²) in [6.45, 7) is 6.41. The smallest absolute Gasteiger partial charge is 0.407 e. The summed E-state index contributed by atoms with van der Waals surface area (Å²) < 4.78 is 9.03. The average Bonchev–Trinajstić information content (AvgIpc) is 2.32. The lowest BCUT2D eigenvalue weighted by molar-refractivity contribution is 0.152. The molecule has 0 aliphatic heterocycles. The molecule has 0 rings (SSSR count). The highest BCUT2D eigenvalue weighted by molar-refractivity contribution is 5.68. The van der Waals surface area contributed by atoms with Crippen LogP contribution >= 0.6 is 0 Å². The van der Waals surface area contributed by atoms with Crippen molar-refractivity contribution in [2.75, 3.05) is 20.8 Å². The number of methoxy groups -OCH3 is 2. The molecule has 0 aromatic rings. The van der Waals surface area contributed by atoms with Gasteiger partial charge in [0, 0.05) is 6.54 Å². The van der Waals surface area contributed by atoms with Crippen molar-refractivity contribution in [3.8, 4) is 0 Å². The van der Waals surface area contributed by atoms with Gasteiger partial charge < -0.3 is 20.1 Å². The lowest BCUT2D eigenvalue weighted by atomic mass is 9.90. The first-order valence-corrected chi connectivity index (χ1v) is 5.58. The third kappa shape index (κ3) is 5.99. The molecule has 0 spiro atoms. The molecule has 2 N–H and O–H groups in total. The second-order valence-corrected chi connectivity index (χ2v) is 4.22. The fraction of sp³-hybridized carbons (Fsp3) is 0.818. The van der Waals surface area contributed by atoms with Crippen LogP contribution in [0.25, 0.3) is 0 Å². The fourth-order valence-corrected chi connectivity index (χ4v) is 1.31. The monoisotopic (exact) mass is 246 g/mol. The molecule has 0 aliphatic carbocycles. The minimum atomic E-state index is -0.516. The molecule has 0 heterocycles. The van der Waals surface area contributed by atoms with Gasteiger partial charge in [-0.3, -0.25) is 0 Å². The Kier molecular flexibility index (Phi) is 7.09. The van der Waals surface area contributed by atoms with Gasteiger partial charge in [-0.05, 0) is 11.8 Å². The summed E-state index contributed by atoms with van der Waals surface area (Å²) in [5, 5.41) is 5.26. The Hall–Kier alpha value is -1.46. The van der Waals surface area contributed by atoms with Crippen LogP contribution in [0.15, 0.2) is 0 Å². The summed E-state index contributed by atoms with van der Waals surface area (Å²) in [5.41, 5.74) is 0. The van der Waals surface area contributed by atoms with E-state index in [1.54, 1.807) is 0 Å². The van der Waals surface area contributed by atoms with Gasteiger partial charge in [0.1, 0.15) is 0 Å². The van der Waals surface area contributed by atoms with E-state index in [4.69, 9.17) is 0 Å². The van der Waals surface area contributed by atoms with Crippen molar-refractivity contribution in [1.29, 1.82) is 0 Å². The molecular formula is C11H22N2O4. The number of rotatable bonds is 5. The van der Waals surface area contributed by atoms with E-state index in [1.165, 1.54) is 14.2 Å². The molecule has 0 aromatic carbocycles. The van der Waals surface area contributed by atoms with E-state index in [9.17, 15) is 9.59 Å². The predicted molar refractivity (Wildman–Crippen MR) is 63.7 cm³/mol. The van der Waals surface area contributed by atoms with Crippen LogP contribution in [-0.2, 0) is 9.47 Å². The molecule has 0 fully saturated rings. The van der Waals surface area contributed by atoms with E-state index in [0.717, 1.165) is 0 Å². The van der Waals surface area contributed by atoms with Gasteiger partial charge >= 0.3 is 12.2 Å². The van der Waals surface area contributed by atoms with Gasteiger partial charge in [0.05, 0.1) is 20.3 Å². The number of hydrogen-bond acceptors (Lipinski definition) is 4. The van der Waals surface area contributed by atoms with Crippen molar-refractivity contribution in [3.05, 3.63) is 0 Å². The zero-order valence-electron chi connectivity index (χ0n) is 11.1. The van der Waals surface area contributed by atoms with Crippen molar-refractivity contribution < 1.29 is 19.1 Å². The Labute approximate surface area is 102 Å². The molecule has 2 amide bonds. The van der Waals surface area contributed by atoms with Crippen LogP contribution in [0.1, 0.15) is 20.8 Å². The molecule has 0 bridgehead atoms. The van der Waals surface area contributed by atoms with Crippen LogP contribution in [0.5, 0.6) is 0 Å². The van der Waals surface area contributed by atoms with Gasteiger partial charge in [-0.15, -0.1) is 0 Å². The predicted octanol–water partition coefficient (Wildman–Crippen LogP) is 1.36. The van der Waals surface area contributed by atoms with Gasteiger partial charge in [0.2, 0.25) is 0 Å². The second kappa shape index (κ2) is 7.76. The largest absolute Gasteiger partial charge is 0.453 e. The summed E-state index contributed by atoms with van der Waals surface area (Å²) >= 11 is 0. The Morgan fingerprint density at radius 3 is 2.00 bits per heavy atom. The van der Waals surface area contributed by atoms with E-state index in [0.29, 0.717) is 12.5 Å². The molecule has 0 aliphatic rings. The summed E-state index contributed by atoms with van der Waals surface area (Å²) in [5.74, 6) is 0.572. The summed E-state index contributed by atoms with van der Waals surface area (Å²) in [7, 11) is 2.60. The topological polar surface area (TPSA) is 76.7 Å². The lowest BCUT2D eigenvalue weighted by Crippen LogP contribution is -2.48. The zero-order valence-corrected chi connectivity index (χ0v) is 11.1. The minimum Gasteiger partial charge on any atom is -0.453 e. The van der Waals surface area contributed by atoms with Gasteiger partial charge in [-0.1, -0.05) is 20.8 Å². The van der Waals surface area contributed by atoms with Crippen molar-refractivity contribution in [3.63, 3.8) is 0 Å². The molecule has 0 saturated carbocycles. The molecule has 2 unspecified atom stereocenters. The summed E-state index contributed by atoms with van der Waals surface area (Å²) in [6, 6.07) is -0.193. The van der Waals surface area contributed by atoms with E-state index >= 15 is 0 Å². The first-order chi connectivity index (χ1) is 7.92. The Bertz CT molecular complexity index is 256. The molecule has 100 valence electrons. The van der Waals surface area contributed by atoms with Crippen molar-refractivity contribution in [1.82, 2.24) is 10.6 Å². The third-order valence-corrected chi connectivity index (χ3v) is 2.83. The Morgan fingerprint density at radius 1 is 1.06 bits per heavy atom. The van der Waals surface area contributed by atoms with Crippen molar-refractivity contribution >= 4 is 12.2 Å². The number of hydrogen-bond donors (Lipinski definition) is 2. The average molecular weight is 246 g/mol. The van der Waals surface area contributed by atoms with Crippen LogP contribution in [0.3, 0.4) is 0 Å². The molecule has 0 aromatic heterocycles. The van der Waals surface area contributed by atoms with Gasteiger partial charge in [0.25, 0.3) is 0 Å². The molecular weight excluding hydrogens is 224 g/mol. The maximum Gasteiger partial charge on any atom is 0.407 e. The highest BCUT2D eigenvalue weighted by atomic mass is 16.5. The highest BCUT2D eigenvalue weighted by Crippen LogP contribution is 2.14. The van der Waals surface area contributed by atoms with Crippen LogP contribution in [-0.4, -0.2) is 39.0 Å². The van der Waals surface area contributed by atoms with Crippen LogP contribution in [0, 0.1) is 11.8 Å². The normalized spacial score (nSPS) is 13.8. The number of carbonyl (C=O) groups excluding carboxylic acids is 2. The van der Waals surface area contributed by atoms with Crippen molar-refractivity contribution in [2.45, 2.75) is 26.8 Å². The maximum absolute atomic E-state index is 11.2. The first-order valence-electron chi connectivity index (χ1n) is 5.58. The molecule has 0 saturated heterocycles. The van der Waals surface area contributed by atoms with Crippen LogP contribution < -0.4 is 10.6 Å².